The molecule has 2 rings (SSSR count). The second kappa shape index (κ2) is 8.91. The molecule has 0 spiro atoms. The highest BCUT2D eigenvalue weighted by Gasteiger charge is 2.36. The molecule has 0 bridgehead atoms. The molecular weight excluding hydrogens is 415 g/mol. The Hall–Kier alpha value is -3.17. The van der Waals surface area contributed by atoms with Gasteiger partial charge in [0.05, 0.1) is 12.1 Å². The maximum Gasteiger partial charge on any atom is 0.416 e. The van der Waals surface area contributed by atoms with Gasteiger partial charge < -0.3 is 10.4 Å². The second-order valence-electron chi connectivity index (χ2n) is 7.23. The third-order valence-corrected chi connectivity index (χ3v) is 5.52. The Kier molecular flexibility index (Phi) is 6.93. The summed E-state index contributed by atoms with van der Waals surface area (Å²) in [6.07, 6.45) is -3.80. The van der Waals surface area contributed by atoms with E-state index in [0.29, 0.717) is 18.4 Å². The number of benzene rings is 1. The fourth-order valence-corrected chi connectivity index (χ4v) is 3.57. The summed E-state index contributed by atoms with van der Waals surface area (Å²) in [6, 6.07) is 4.87. The van der Waals surface area contributed by atoms with Crippen molar-refractivity contribution in [1.82, 2.24) is 15.1 Å². The number of alkyl halides is 3. The van der Waals surface area contributed by atoms with Gasteiger partial charge >= 0.3 is 6.18 Å². The van der Waals surface area contributed by atoms with Crippen LogP contribution in [0.25, 0.3) is 0 Å². The third kappa shape index (κ3) is 4.62. The van der Waals surface area contributed by atoms with Crippen molar-refractivity contribution >= 4 is 11.7 Å². The summed E-state index contributed by atoms with van der Waals surface area (Å²) in [5, 5.41) is 16.5. The number of amides is 1. The number of aromatic nitrogens is 2. The highest BCUT2D eigenvalue weighted by molar-refractivity contribution is 5.97. The number of hydrogen-bond acceptors (Lipinski definition) is 5. The van der Waals surface area contributed by atoms with Crippen LogP contribution in [-0.2, 0) is 18.1 Å². The molecule has 1 aromatic carbocycles. The Balaban J connectivity index is 2.75. The molecule has 0 aliphatic carbocycles. The summed E-state index contributed by atoms with van der Waals surface area (Å²) >= 11 is 0. The molecule has 1 amide bonds. The standard InChI is InChI=1S/C21H24F3N3O4/c1-5-20(6-2,13-8-7-9-14(10-13)21(22,23)24)11-27-16(12(3)28)18(30)17(29)15(26-27)19(31)25-4/h7-10,30H,5-6,11H2,1-4H3,(H,25,31). The smallest absolute Gasteiger partial charge is 0.416 e. The SMILES string of the molecule is CCC(CC)(Cn1nc(C(=O)NC)c(=O)c(O)c1C(C)=O)c1cccc(C(F)(F)F)c1. The van der Waals surface area contributed by atoms with Crippen LogP contribution in [0, 0.1) is 0 Å². The molecule has 0 aliphatic heterocycles. The molecule has 0 unspecified atom stereocenters. The van der Waals surface area contributed by atoms with Gasteiger partial charge in [-0.1, -0.05) is 32.0 Å². The Morgan fingerprint density at radius 2 is 1.74 bits per heavy atom. The van der Waals surface area contributed by atoms with Crippen molar-refractivity contribution in [3.05, 3.63) is 57.0 Å². The average molecular weight is 439 g/mol. The zero-order chi connectivity index (χ0) is 23.6. The van der Waals surface area contributed by atoms with E-state index in [1.54, 1.807) is 19.9 Å². The highest BCUT2D eigenvalue weighted by Crippen LogP contribution is 2.37. The van der Waals surface area contributed by atoms with Crippen molar-refractivity contribution in [3.63, 3.8) is 0 Å². The fraction of sp³-hybridized carbons (Fsp3) is 0.429. The summed E-state index contributed by atoms with van der Waals surface area (Å²) in [5.74, 6) is -2.45. The van der Waals surface area contributed by atoms with Crippen LogP contribution >= 0.6 is 0 Å². The number of nitrogens with one attached hydrogen (secondary N) is 1. The van der Waals surface area contributed by atoms with Gasteiger partial charge in [-0.3, -0.25) is 19.1 Å². The van der Waals surface area contributed by atoms with E-state index in [9.17, 15) is 32.7 Å². The molecule has 168 valence electrons. The summed E-state index contributed by atoms with van der Waals surface area (Å²) in [6.45, 7) is 4.54. The largest absolute Gasteiger partial charge is 0.502 e. The van der Waals surface area contributed by atoms with E-state index >= 15 is 0 Å². The van der Waals surface area contributed by atoms with Crippen LogP contribution in [0.5, 0.6) is 5.75 Å². The lowest BCUT2D eigenvalue weighted by Crippen LogP contribution is -2.37. The highest BCUT2D eigenvalue weighted by atomic mass is 19.4. The van der Waals surface area contributed by atoms with E-state index in [0.717, 1.165) is 23.7 Å². The Labute approximate surface area is 176 Å². The molecule has 0 saturated carbocycles. The summed E-state index contributed by atoms with van der Waals surface area (Å²) < 4.78 is 40.8. The van der Waals surface area contributed by atoms with E-state index in [1.807, 2.05) is 0 Å². The minimum absolute atomic E-state index is 0.131. The van der Waals surface area contributed by atoms with Crippen molar-refractivity contribution < 1.29 is 27.9 Å². The molecule has 1 heterocycles. The van der Waals surface area contributed by atoms with Crippen LogP contribution < -0.4 is 10.7 Å². The molecular formula is C21H24F3N3O4. The number of halogens is 3. The molecule has 10 heteroatoms. The molecule has 2 N–H and O–H groups in total. The maximum atomic E-state index is 13.3. The minimum atomic E-state index is -4.53. The van der Waals surface area contributed by atoms with Crippen LogP contribution in [-0.4, -0.2) is 33.6 Å². The zero-order valence-electron chi connectivity index (χ0n) is 17.6. The molecule has 0 aliphatic rings. The van der Waals surface area contributed by atoms with Gasteiger partial charge in [0.2, 0.25) is 0 Å². The van der Waals surface area contributed by atoms with Crippen LogP contribution in [0.3, 0.4) is 0 Å². The molecule has 0 saturated heterocycles. The lowest BCUT2D eigenvalue weighted by atomic mass is 9.75. The number of carbonyl (C=O) groups is 2. The number of aromatic hydroxyl groups is 1. The van der Waals surface area contributed by atoms with Gasteiger partial charge in [-0.2, -0.15) is 18.3 Å². The minimum Gasteiger partial charge on any atom is -0.502 e. The number of Topliss-reactive ketones (excluding diaryl/α,β-unsaturated/α-hetero) is 1. The summed E-state index contributed by atoms with van der Waals surface area (Å²) in [4.78, 5) is 36.5. The number of nitrogens with zero attached hydrogens (tertiary/aromatic N) is 2. The quantitative estimate of drug-likeness (QED) is 0.645. The van der Waals surface area contributed by atoms with Crippen LogP contribution in [0.2, 0.25) is 0 Å². The molecule has 0 atom stereocenters. The topological polar surface area (TPSA) is 101 Å². The number of carbonyl (C=O) groups excluding carboxylic acids is 2. The first-order chi connectivity index (χ1) is 14.4. The molecule has 31 heavy (non-hydrogen) atoms. The lowest BCUT2D eigenvalue weighted by molar-refractivity contribution is -0.137. The Bertz CT molecular complexity index is 1060. The predicted molar refractivity (Wildman–Crippen MR) is 107 cm³/mol. The van der Waals surface area contributed by atoms with Crippen molar-refractivity contribution in [2.24, 2.45) is 0 Å². The predicted octanol–water partition coefficient (Wildman–Crippen LogP) is 3.29. The van der Waals surface area contributed by atoms with E-state index in [1.165, 1.54) is 13.1 Å². The molecule has 2 aromatic rings. The molecule has 1 aromatic heterocycles. The average Bonchev–Trinajstić information content (AvgIpc) is 2.73. The van der Waals surface area contributed by atoms with Crippen molar-refractivity contribution in [3.8, 4) is 5.75 Å². The van der Waals surface area contributed by atoms with Crippen LogP contribution in [0.15, 0.2) is 29.1 Å². The van der Waals surface area contributed by atoms with Gasteiger partial charge in [-0.15, -0.1) is 0 Å². The van der Waals surface area contributed by atoms with Crippen LogP contribution in [0.1, 0.15) is 65.7 Å². The second-order valence-corrected chi connectivity index (χ2v) is 7.23. The number of rotatable bonds is 7. The first-order valence-electron chi connectivity index (χ1n) is 9.66. The van der Waals surface area contributed by atoms with Gasteiger partial charge in [0.25, 0.3) is 11.3 Å². The Morgan fingerprint density at radius 3 is 2.23 bits per heavy atom. The monoisotopic (exact) mass is 439 g/mol. The Morgan fingerprint density at radius 1 is 1.16 bits per heavy atom. The van der Waals surface area contributed by atoms with Gasteiger partial charge in [-0.05, 0) is 24.5 Å². The molecule has 0 radical (unpaired) electrons. The van der Waals surface area contributed by atoms with Gasteiger partial charge in [0.15, 0.2) is 17.2 Å². The number of hydrogen-bond donors (Lipinski definition) is 2. The van der Waals surface area contributed by atoms with Gasteiger partial charge in [0, 0.05) is 19.4 Å². The van der Waals surface area contributed by atoms with Crippen LogP contribution in [0.4, 0.5) is 13.2 Å². The molecule has 0 fully saturated rings. The van der Waals surface area contributed by atoms with E-state index in [4.69, 9.17) is 0 Å². The fourth-order valence-electron chi connectivity index (χ4n) is 3.57. The summed E-state index contributed by atoms with van der Waals surface area (Å²) in [7, 11) is 1.27. The third-order valence-electron chi connectivity index (χ3n) is 5.52. The van der Waals surface area contributed by atoms with E-state index < -0.39 is 51.4 Å². The van der Waals surface area contributed by atoms with Gasteiger partial charge in [0.1, 0.15) is 5.69 Å². The first-order valence-corrected chi connectivity index (χ1v) is 9.66. The zero-order valence-corrected chi connectivity index (χ0v) is 17.6. The normalized spacial score (nSPS) is 12.0. The lowest BCUT2D eigenvalue weighted by Gasteiger charge is -2.34. The maximum absolute atomic E-state index is 13.3. The van der Waals surface area contributed by atoms with Crippen molar-refractivity contribution in [2.45, 2.75) is 51.7 Å². The van der Waals surface area contributed by atoms with Crippen molar-refractivity contribution in [1.29, 1.82) is 0 Å². The van der Waals surface area contributed by atoms with E-state index in [-0.39, 0.29) is 6.54 Å². The first kappa shape index (κ1) is 24.1. The van der Waals surface area contributed by atoms with Crippen molar-refractivity contribution in [2.75, 3.05) is 7.05 Å². The summed E-state index contributed by atoms with van der Waals surface area (Å²) in [5.41, 5.74) is -3.49. The molecule has 7 nitrogen and oxygen atoms in total. The number of ketones is 1. The van der Waals surface area contributed by atoms with E-state index in [2.05, 4.69) is 10.4 Å². The van der Waals surface area contributed by atoms with Gasteiger partial charge in [-0.25, -0.2) is 0 Å².